The number of nitrogens with two attached hydrogens (primary N) is 1. The number of ether oxygens (including phenoxy) is 1. The van der Waals surface area contributed by atoms with Crippen LogP contribution in [0.5, 0.6) is 0 Å². The average molecular weight is 307 g/mol. The van der Waals surface area contributed by atoms with Crippen LogP contribution in [0.3, 0.4) is 0 Å². The van der Waals surface area contributed by atoms with E-state index in [1.807, 2.05) is 6.07 Å². The third kappa shape index (κ3) is 9.15. The second-order valence-electron chi connectivity index (χ2n) is 3.04. The summed E-state index contributed by atoms with van der Waals surface area (Å²) in [5.41, 5.74) is 4.67. The van der Waals surface area contributed by atoms with E-state index >= 15 is 0 Å². The second kappa shape index (κ2) is 10.5. The second-order valence-corrected chi connectivity index (χ2v) is 4.59. The number of halogens is 1. The molecule has 0 heterocycles. The van der Waals surface area contributed by atoms with E-state index in [0.29, 0.717) is 12.5 Å². The monoisotopic (exact) mass is 306 g/mol. The molecule has 106 valence electrons. The summed E-state index contributed by atoms with van der Waals surface area (Å²) in [6.45, 7) is 2.06. The van der Waals surface area contributed by atoms with Crippen LogP contribution in [0.15, 0.2) is 29.2 Å². The zero-order valence-electron chi connectivity index (χ0n) is 10.4. The molecular weight excluding hydrogens is 292 g/mol. The number of benzene rings is 1. The molecular formula is C11H15ClN2O4S. The first kappa shape index (κ1) is 17.5. The minimum Gasteiger partial charge on any atom is -0.450 e. The number of nitro benzene ring substituents is 1. The van der Waals surface area contributed by atoms with E-state index in [-0.39, 0.29) is 5.69 Å². The fourth-order valence-corrected chi connectivity index (χ4v) is 1.91. The molecule has 0 unspecified atom stereocenters. The molecule has 0 aromatic heterocycles. The zero-order valence-corrected chi connectivity index (χ0v) is 11.9. The summed E-state index contributed by atoms with van der Waals surface area (Å²) >= 11 is 7.01. The number of carbonyl (C=O) groups excluding carboxylic acids is 1. The van der Waals surface area contributed by atoms with E-state index in [4.69, 9.17) is 11.6 Å². The molecule has 8 heteroatoms. The van der Waals surface area contributed by atoms with Crippen molar-refractivity contribution < 1.29 is 14.5 Å². The Morgan fingerprint density at radius 2 is 2.26 bits per heavy atom. The number of primary amides is 1. The van der Waals surface area contributed by atoms with Crippen molar-refractivity contribution in [1.82, 2.24) is 0 Å². The van der Waals surface area contributed by atoms with Crippen molar-refractivity contribution in [3.05, 3.63) is 34.4 Å². The summed E-state index contributed by atoms with van der Waals surface area (Å²) in [5, 5.41) is 10.4. The van der Waals surface area contributed by atoms with E-state index < -0.39 is 11.0 Å². The smallest absolute Gasteiger partial charge is 0.404 e. The van der Waals surface area contributed by atoms with Gasteiger partial charge in [0.1, 0.15) is 0 Å². The van der Waals surface area contributed by atoms with E-state index in [2.05, 4.69) is 10.5 Å². The Balaban J connectivity index is 0.000000459. The van der Waals surface area contributed by atoms with Gasteiger partial charge in [-0.1, -0.05) is 6.07 Å². The summed E-state index contributed by atoms with van der Waals surface area (Å²) in [6.07, 6.45) is -0.711. The van der Waals surface area contributed by atoms with Gasteiger partial charge in [0.05, 0.1) is 11.5 Å². The lowest BCUT2D eigenvalue weighted by atomic mass is 10.3. The molecule has 0 aliphatic carbocycles. The first-order chi connectivity index (χ1) is 9.01. The molecule has 0 aliphatic rings. The van der Waals surface area contributed by atoms with Crippen molar-refractivity contribution >= 4 is 35.1 Å². The van der Waals surface area contributed by atoms with Gasteiger partial charge in [-0.15, -0.1) is 23.4 Å². The van der Waals surface area contributed by atoms with Crippen LogP contribution in [-0.4, -0.2) is 29.3 Å². The maximum absolute atomic E-state index is 10.4. The molecule has 0 atom stereocenters. The van der Waals surface area contributed by atoms with Crippen molar-refractivity contribution in [3.8, 4) is 0 Å². The van der Waals surface area contributed by atoms with Crippen LogP contribution in [-0.2, 0) is 4.74 Å². The maximum Gasteiger partial charge on any atom is 0.404 e. The predicted molar refractivity (Wildman–Crippen MR) is 75.7 cm³/mol. The number of carbonyl (C=O) groups is 1. The van der Waals surface area contributed by atoms with E-state index in [0.717, 1.165) is 10.6 Å². The van der Waals surface area contributed by atoms with Gasteiger partial charge in [-0.25, -0.2) is 4.79 Å². The molecule has 1 amide bonds. The number of amides is 1. The zero-order chi connectivity index (χ0) is 14.7. The van der Waals surface area contributed by atoms with Gasteiger partial charge in [0.2, 0.25) is 0 Å². The standard InChI is InChI=1S/C8H8ClNO2S.C3H7NO2/c9-4-5-13-8-3-1-2-7(6-8)10(11)12;1-2-6-3(4)5/h1-3,6H,4-5H2;2H2,1H3,(H2,4,5). The lowest BCUT2D eigenvalue weighted by molar-refractivity contribution is -0.385. The number of nitro groups is 1. The number of nitrogens with zero attached hydrogens (tertiary/aromatic N) is 1. The van der Waals surface area contributed by atoms with Gasteiger partial charge < -0.3 is 10.5 Å². The molecule has 0 radical (unpaired) electrons. The average Bonchev–Trinajstić information content (AvgIpc) is 2.37. The number of hydrogen-bond donors (Lipinski definition) is 1. The first-order valence-electron chi connectivity index (χ1n) is 5.36. The van der Waals surface area contributed by atoms with Crippen molar-refractivity contribution in [3.63, 3.8) is 0 Å². The third-order valence-corrected chi connectivity index (χ3v) is 3.07. The van der Waals surface area contributed by atoms with Gasteiger partial charge in [-0.05, 0) is 13.0 Å². The highest BCUT2D eigenvalue weighted by molar-refractivity contribution is 7.99. The van der Waals surface area contributed by atoms with E-state index in [1.165, 1.54) is 17.8 Å². The van der Waals surface area contributed by atoms with Gasteiger partial charge in [0, 0.05) is 28.7 Å². The van der Waals surface area contributed by atoms with Crippen molar-refractivity contribution in [2.24, 2.45) is 5.73 Å². The molecule has 0 saturated heterocycles. The molecule has 1 aromatic rings. The lowest BCUT2D eigenvalue weighted by Gasteiger charge is -1.97. The summed E-state index contributed by atoms with van der Waals surface area (Å²) in [7, 11) is 0. The largest absolute Gasteiger partial charge is 0.450 e. The predicted octanol–water partition coefficient (Wildman–Crippen LogP) is 3.03. The molecule has 0 fully saturated rings. The Morgan fingerprint density at radius 3 is 2.68 bits per heavy atom. The fraction of sp³-hybridized carbons (Fsp3) is 0.364. The summed E-state index contributed by atoms with van der Waals surface area (Å²) in [4.78, 5) is 20.5. The van der Waals surface area contributed by atoms with Crippen LogP contribution in [0.4, 0.5) is 10.5 Å². The normalized spacial score (nSPS) is 9.16. The minimum absolute atomic E-state index is 0.125. The van der Waals surface area contributed by atoms with Gasteiger partial charge in [-0.2, -0.15) is 0 Å². The number of hydrogen-bond acceptors (Lipinski definition) is 5. The van der Waals surface area contributed by atoms with Gasteiger partial charge >= 0.3 is 6.09 Å². The molecule has 19 heavy (non-hydrogen) atoms. The van der Waals surface area contributed by atoms with Crippen LogP contribution < -0.4 is 5.73 Å². The highest BCUT2D eigenvalue weighted by atomic mass is 35.5. The van der Waals surface area contributed by atoms with E-state index in [1.54, 1.807) is 19.1 Å². The Kier molecular flexibility index (Phi) is 9.64. The Hall–Kier alpha value is -1.47. The Morgan fingerprint density at radius 1 is 1.58 bits per heavy atom. The molecule has 0 aliphatic heterocycles. The lowest BCUT2D eigenvalue weighted by Crippen LogP contribution is -2.11. The Labute approximate surface area is 120 Å². The number of alkyl halides is 1. The quantitative estimate of drug-likeness (QED) is 0.390. The van der Waals surface area contributed by atoms with Gasteiger partial charge in [-0.3, -0.25) is 10.1 Å². The molecule has 2 N–H and O–H groups in total. The molecule has 1 aromatic carbocycles. The molecule has 0 spiro atoms. The van der Waals surface area contributed by atoms with Crippen LogP contribution in [0.2, 0.25) is 0 Å². The van der Waals surface area contributed by atoms with Gasteiger partial charge in [0.15, 0.2) is 0 Å². The van der Waals surface area contributed by atoms with Crippen molar-refractivity contribution in [2.45, 2.75) is 11.8 Å². The highest BCUT2D eigenvalue weighted by Crippen LogP contribution is 2.22. The molecule has 0 bridgehead atoms. The SMILES string of the molecule is CCOC(N)=O.O=[N+]([O-])c1cccc(SCCCl)c1. The third-order valence-electron chi connectivity index (χ3n) is 1.66. The van der Waals surface area contributed by atoms with Crippen molar-refractivity contribution in [2.75, 3.05) is 18.2 Å². The Bertz CT molecular complexity index is 417. The minimum atomic E-state index is -0.711. The van der Waals surface area contributed by atoms with Crippen LogP contribution >= 0.6 is 23.4 Å². The fourth-order valence-electron chi connectivity index (χ4n) is 0.986. The molecule has 0 saturated carbocycles. The molecule has 1 rings (SSSR count). The highest BCUT2D eigenvalue weighted by Gasteiger charge is 2.04. The summed E-state index contributed by atoms with van der Waals surface area (Å²) < 4.78 is 4.18. The van der Waals surface area contributed by atoms with Crippen LogP contribution in [0, 0.1) is 10.1 Å². The number of rotatable bonds is 5. The van der Waals surface area contributed by atoms with Crippen LogP contribution in [0.25, 0.3) is 0 Å². The first-order valence-corrected chi connectivity index (χ1v) is 6.88. The molecule has 6 nitrogen and oxygen atoms in total. The number of non-ortho nitro benzene ring substituents is 1. The van der Waals surface area contributed by atoms with E-state index in [9.17, 15) is 14.9 Å². The summed E-state index contributed by atoms with van der Waals surface area (Å²) in [5.74, 6) is 1.32. The summed E-state index contributed by atoms with van der Waals surface area (Å²) in [6, 6.07) is 6.54. The van der Waals surface area contributed by atoms with Crippen LogP contribution in [0.1, 0.15) is 6.92 Å². The topological polar surface area (TPSA) is 95.5 Å². The van der Waals surface area contributed by atoms with Gasteiger partial charge in [0.25, 0.3) is 5.69 Å². The van der Waals surface area contributed by atoms with Crippen molar-refractivity contribution in [1.29, 1.82) is 0 Å². The maximum atomic E-state index is 10.4. The number of thioether (sulfide) groups is 1.